The van der Waals surface area contributed by atoms with Gasteiger partial charge in [-0.15, -0.1) is 0 Å². The second-order valence-corrected chi connectivity index (χ2v) is 34.0. The van der Waals surface area contributed by atoms with E-state index >= 15 is 0 Å². The predicted molar refractivity (Wildman–Crippen MR) is 462 cm³/mol. The lowest BCUT2D eigenvalue weighted by Crippen LogP contribution is -2.12. The van der Waals surface area contributed by atoms with Crippen LogP contribution in [0.5, 0.6) is 0 Å². The Morgan fingerprint density at radius 1 is 0.0918 bits per heavy atom. The maximum Gasteiger partial charge on any atom is 0.139 e. The van der Waals surface area contributed by atoms with Gasteiger partial charge in [0.15, 0.2) is 0 Å². The smallest absolute Gasteiger partial charge is 0.0770 e. The van der Waals surface area contributed by atoms with E-state index in [1.165, 1.54) is 558 Å². The molecule has 0 saturated heterocycles. The quantitative estimate of drug-likeness (QED) is 0.0421. The molecule has 0 fully saturated rings. The van der Waals surface area contributed by atoms with Crippen LogP contribution in [0.15, 0.2) is 0 Å². The van der Waals surface area contributed by atoms with Crippen molar-refractivity contribution in [3.8, 4) is 0 Å². The van der Waals surface area contributed by atoms with Crippen LogP contribution in [0.1, 0.15) is 581 Å². The van der Waals surface area contributed by atoms with Crippen LogP contribution in [0.3, 0.4) is 0 Å². The topological polar surface area (TPSA) is 0 Å². The molecule has 0 nitrogen and oxygen atoms in total. The van der Waals surface area contributed by atoms with Crippen LogP contribution in [0.25, 0.3) is 0 Å². The molecule has 0 amide bonds. The third-order valence-corrected chi connectivity index (χ3v) is 24.1. The molecule has 0 aliphatic carbocycles. The summed E-state index contributed by atoms with van der Waals surface area (Å²) < 4.78 is 0. The average molecular weight is 1370 g/mol. The van der Waals surface area contributed by atoms with Crippen molar-refractivity contribution in [2.45, 2.75) is 619 Å². The summed E-state index contributed by atoms with van der Waals surface area (Å²) >= 11 is 0. The highest BCUT2D eigenvalue weighted by atomic mass is 14.1. The molecule has 0 radical (unpaired) electrons. The van der Waals surface area contributed by atoms with Crippen molar-refractivity contribution < 1.29 is 0 Å². The van der Waals surface area contributed by atoms with E-state index in [0.717, 1.165) is 13.4 Å². The summed E-state index contributed by atoms with van der Waals surface area (Å²) in [5, 5.41) is 0. The van der Waals surface area contributed by atoms with Crippen molar-refractivity contribution in [2.75, 3.05) is 0 Å². The Balaban J connectivity index is 0. The van der Waals surface area contributed by atoms with Crippen molar-refractivity contribution >= 4 is 13.4 Å². The Hall–Kier alpha value is 0.130. The average Bonchev–Trinajstić information content (AvgIpc) is 3.81. The van der Waals surface area contributed by atoms with Gasteiger partial charge in [0, 0.05) is 0 Å². The highest BCUT2D eigenvalue weighted by Crippen LogP contribution is 2.25. The second-order valence-electron chi connectivity index (χ2n) is 34.0. The molecule has 588 valence electrons. The van der Waals surface area contributed by atoms with Gasteiger partial charge in [0.1, 0.15) is 13.4 Å². The summed E-state index contributed by atoms with van der Waals surface area (Å²) in [4.78, 5) is 0. The summed E-state index contributed by atoms with van der Waals surface area (Å²) in [6.45, 7) is 15.8. The van der Waals surface area contributed by atoms with Crippen LogP contribution in [0.2, 0.25) is 37.9 Å². The van der Waals surface area contributed by atoms with Crippen LogP contribution in [-0.2, 0) is 0 Å². The first kappa shape index (κ1) is 100. The van der Waals surface area contributed by atoms with Gasteiger partial charge in [0.05, 0.1) is 0 Å². The highest BCUT2D eigenvalue weighted by Gasteiger charge is 2.13. The summed E-state index contributed by atoms with van der Waals surface area (Å²) in [6.07, 6.45) is 134. The van der Waals surface area contributed by atoms with E-state index in [9.17, 15) is 0 Å². The molecule has 2 heteroatoms. The minimum absolute atomic E-state index is 0.986. The molecule has 0 aromatic heterocycles. The number of unbranched alkanes of at least 4 members (excludes halogenated alkanes) is 81. The molecule has 98 heavy (non-hydrogen) atoms. The van der Waals surface area contributed by atoms with Gasteiger partial charge in [-0.2, -0.15) is 0 Å². The van der Waals surface area contributed by atoms with E-state index in [1.54, 1.807) is 19.0 Å². The van der Waals surface area contributed by atoms with Gasteiger partial charge >= 0.3 is 0 Å². The largest absolute Gasteiger partial charge is 0.139 e. The molecule has 0 atom stereocenters. The minimum atomic E-state index is 0.986. The number of hydrogen-bond acceptors (Lipinski definition) is 0. The lowest BCUT2D eigenvalue weighted by Gasteiger charge is -2.14. The van der Waals surface area contributed by atoms with Gasteiger partial charge in [-0.3, -0.25) is 0 Å². The normalized spacial score (nSPS) is 11.6. The van der Waals surface area contributed by atoms with Gasteiger partial charge in [0.2, 0.25) is 0 Å². The standard InChI is InChI=1S/C90H183B.C6H15B/c1-4-7-10-13-16-19-22-25-28-31-34-37-40-43-46-49-52-55-58-61-64-67-70-73-76-79-82-85-88-91(89-86-83-80-77-74-71-68-65-62-59-56-53-50-47-44-41-38-35-32-29-26-23-20-17-14-11-8-5-2)90-87-84-81-78-75-72-69-66-63-60-57-54-51-48-45-42-39-36-33-30-27-24-21-18-15-12-9-6-3;1-4-7(5-2)6-3/h4-90H2,1-3H3;4-6H2,1-3H3. The zero-order valence-corrected chi connectivity index (χ0v) is 70.8. The van der Waals surface area contributed by atoms with Gasteiger partial charge < -0.3 is 0 Å². The molecule has 0 aliphatic rings. The second kappa shape index (κ2) is 97.1. The van der Waals surface area contributed by atoms with Crippen molar-refractivity contribution in [3.63, 3.8) is 0 Å². The first-order chi connectivity index (χ1) is 48.7. The first-order valence-electron chi connectivity index (χ1n) is 48.7. The van der Waals surface area contributed by atoms with Crippen LogP contribution < -0.4 is 0 Å². The molecule has 0 aromatic rings. The van der Waals surface area contributed by atoms with Gasteiger partial charge in [0.25, 0.3) is 0 Å². The van der Waals surface area contributed by atoms with E-state index in [0.29, 0.717) is 0 Å². The fourth-order valence-corrected chi connectivity index (χ4v) is 16.6. The summed E-state index contributed by atoms with van der Waals surface area (Å²) in [5.74, 6) is 0. The number of hydrogen-bond donors (Lipinski definition) is 0. The van der Waals surface area contributed by atoms with Crippen molar-refractivity contribution in [2.24, 2.45) is 0 Å². The van der Waals surface area contributed by atoms with E-state index in [2.05, 4.69) is 41.5 Å². The summed E-state index contributed by atoms with van der Waals surface area (Å²) in [5.41, 5.74) is 0. The summed E-state index contributed by atoms with van der Waals surface area (Å²) in [6, 6.07) is 0. The van der Waals surface area contributed by atoms with Crippen LogP contribution in [0.4, 0.5) is 0 Å². The van der Waals surface area contributed by atoms with E-state index < -0.39 is 0 Å². The maximum atomic E-state index is 2.32. The predicted octanol–water partition coefficient (Wildman–Crippen LogP) is 37.9. The first-order valence-corrected chi connectivity index (χ1v) is 48.7. The Labute approximate surface area is 628 Å². The van der Waals surface area contributed by atoms with E-state index in [4.69, 9.17) is 0 Å². The molecule has 0 saturated carbocycles. The molecule has 0 rings (SSSR count). The minimum Gasteiger partial charge on any atom is -0.0770 e. The molecular formula is C96H198B2. The van der Waals surface area contributed by atoms with Crippen molar-refractivity contribution in [1.82, 2.24) is 0 Å². The molecule has 0 heterocycles. The van der Waals surface area contributed by atoms with Gasteiger partial charge in [-0.25, -0.2) is 0 Å². The van der Waals surface area contributed by atoms with Crippen LogP contribution in [0, 0.1) is 0 Å². The number of rotatable bonds is 90. The maximum absolute atomic E-state index is 2.32. The molecule has 0 spiro atoms. The Bertz CT molecular complexity index is 1130. The summed E-state index contributed by atoms with van der Waals surface area (Å²) in [7, 11) is 0. The molecular weight excluding hydrogens is 1170 g/mol. The van der Waals surface area contributed by atoms with Crippen LogP contribution >= 0.6 is 0 Å². The molecule has 0 bridgehead atoms. The monoisotopic (exact) mass is 1370 g/mol. The molecule has 0 unspecified atom stereocenters. The Kier molecular flexibility index (Phi) is 99.3. The lowest BCUT2D eigenvalue weighted by atomic mass is 9.41. The van der Waals surface area contributed by atoms with Crippen molar-refractivity contribution in [3.05, 3.63) is 0 Å². The van der Waals surface area contributed by atoms with Crippen molar-refractivity contribution in [1.29, 1.82) is 0 Å². The third kappa shape index (κ3) is 94.1. The van der Waals surface area contributed by atoms with Gasteiger partial charge in [-0.05, 0) is 0 Å². The molecule has 0 aliphatic heterocycles. The van der Waals surface area contributed by atoms with E-state index in [-0.39, 0.29) is 0 Å². The molecule has 0 N–H and O–H groups in total. The van der Waals surface area contributed by atoms with Gasteiger partial charge in [-0.1, -0.05) is 619 Å². The zero-order valence-electron chi connectivity index (χ0n) is 70.8. The molecule has 0 aromatic carbocycles. The lowest BCUT2D eigenvalue weighted by molar-refractivity contribution is 0.514. The Morgan fingerprint density at radius 2 is 0.173 bits per heavy atom. The fourth-order valence-electron chi connectivity index (χ4n) is 16.6. The SMILES string of the molecule is CCB(CC)CC.CCCCCCCCCCCCCCCCCCCCCCCCCCCCCCB(CCCCCCCCCCCCCCCCCCCCCCCCCCCCCC)CCCCCCCCCCCCCCCCCCCCCCCCCCCCCC. The fraction of sp³-hybridized carbons (Fsp3) is 1.00. The highest BCUT2D eigenvalue weighted by molar-refractivity contribution is 6.58. The third-order valence-electron chi connectivity index (χ3n) is 24.1. The Morgan fingerprint density at radius 3 is 0.245 bits per heavy atom. The zero-order chi connectivity index (χ0) is 70.8. The van der Waals surface area contributed by atoms with Crippen LogP contribution in [-0.4, -0.2) is 13.4 Å². The van der Waals surface area contributed by atoms with E-state index in [1.807, 2.05) is 0 Å².